The Labute approximate surface area is 133 Å². The second kappa shape index (κ2) is 6.41. The van der Waals surface area contributed by atoms with Crippen LogP contribution in [0, 0.1) is 6.92 Å². The van der Waals surface area contributed by atoms with Gasteiger partial charge in [0, 0.05) is 12.2 Å². The van der Waals surface area contributed by atoms with Gasteiger partial charge >= 0.3 is 0 Å². The van der Waals surface area contributed by atoms with Gasteiger partial charge in [0.1, 0.15) is 0 Å². The highest BCUT2D eigenvalue weighted by Crippen LogP contribution is 2.24. The van der Waals surface area contributed by atoms with Crippen LogP contribution in [0.15, 0.2) is 34.3 Å². The summed E-state index contributed by atoms with van der Waals surface area (Å²) in [6.07, 6.45) is 3.89. The lowest BCUT2D eigenvalue weighted by Gasteiger charge is -2.17. The minimum absolute atomic E-state index is 0.00660. The van der Waals surface area contributed by atoms with Crippen molar-refractivity contribution >= 4 is 11.3 Å². The minimum atomic E-state index is -0.00660. The fraction of sp³-hybridized carbons (Fsp3) is 0.400. The van der Waals surface area contributed by atoms with Gasteiger partial charge < -0.3 is 9.73 Å². The summed E-state index contributed by atoms with van der Waals surface area (Å²) in [7, 11) is 0. The largest absolute Gasteiger partial charge is 0.418 e. The van der Waals surface area contributed by atoms with E-state index < -0.39 is 0 Å². The van der Waals surface area contributed by atoms with E-state index in [9.17, 15) is 0 Å². The van der Waals surface area contributed by atoms with Gasteiger partial charge in [0.15, 0.2) is 0 Å². The number of rotatable bonds is 6. The van der Waals surface area contributed by atoms with Crippen molar-refractivity contribution in [3.8, 4) is 10.8 Å². The number of hydrogen-bond donors (Lipinski definition) is 1. The highest BCUT2D eigenvalue weighted by molar-refractivity contribution is 7.13. The van der Waals surface area contributed by atoms with Crippen molar-refractivity contribution in [1.29, 1.82) is 0 Å². The lowest BCUT2D eigenvalue weighted by molar-refractivity contribution is 0.362. The molecule has 0 radical (unpaired) electrons. The Hall–Kier alpha value is -1.99. The van der Waals surface area contributed by atoms with E-state index in [1.165, 1.54) is 0 Å². The maximum atomic E-state index is 5.75. The first-order valence-electron chi connectivity index (χ1n) is 7.24. The molecule has 0 aliphatic rings. The van der Waals surface area contributed by atoms with Crippen molar-refractivity contribution in [1.82, 2.24) is 25.3 Å². The van der Waals surface area contributed by atoms with Gasteiger partial charge in [-0.1, -0.05) is 6.07 Å². The van der Waals surface area contributed by atoms with Crippen LogP contribution in [0.4, 0.5) is 0 Å². The summed E-state index contributed by atoms with van der Waals surface area (Å²) in [6, 6.07) is 4.18. The first kappa shape index (κ1) is 14.9. The van der Waals surface area contributed by atoms with Gasteiger partial charge in [-0.05, 0) is 37.8 Å². The van der Waals surface area contributed by atoms with Gasteiger partial charge in [0.05, 0.1) is 23.7 Å². The van der Waals surface area contributed by atoms with Gasteiger partial charge in [-0.25, -0.2) is 0 Å². The number of thiophene rings is 1. The Balaban J connectivity index is 1.60. The zero-order chi connectivity index (χ0) is 15.5. The monoisotopic (exact) mass is 317 g/mol. The van der Waals surface area contributed by atoms with Crippen molar-refractivity contribution < 1.29 is 4.42 Å². The van der Waals surface area contributed by atoms with Gasteiger partial charge in [-0.15, -0.1) is 21.5 Å². The molecule has 0 saturated heterocycles. The molecule has 116 valence electrons. The summed E-state index contributed by atoms with van der Waals surface area (Å²) in [5.41, 5.74) is 1.16. The summed E-state index contributed by atoms with van der Waals surface area (Å²) in [5, 5.41) is 18.0. The number of nitrogens with one attached hydrogen (secondary N) is 1. The SMILES string of the molecule is Cc1cnn(C[C@H](C)N[C@H](C)c2nnc(-c3cccs3)o2)c1. The average Bonchev–Trinajstić information content (AvgIpc) is 3.18. The second-order valence-corrected chi connectivity index (χ2v) is 6.40. The summed E-state index contributed by atoms with van der Waals surface area (Å²) in [6.45, 7) is 6.97. The molecule has 0 aliphatic heterocycles. The van der Waals surface area contributed by atoms with E-state index in [0.717, 1.165) is 17.0 Å². The van der Waals surface area contributed by atoms with Gasteiger partial charge in [0.25, 0.3) is 5.89 Å². The maximum absolute atomic E-state index is 5.75. The van der Waals surface area contributed by atoms with E-state index in [2.05, 4.69) is 27.5 Å². The summed E-state index contributed by atoms with van der Waals surface area (Å²) in [5.74, 6) is 1.18. The van der Waals surface area contributed by atoms with Crippen LogP contribution >= 0.6 is 11.3 Å². The predicted molar refractivity (Wildman–Crippen MR) is 85.6 cm³/mol. The smallest absolute Gasteiger partial charge is 0.257 e. The lowest BCUT2D eigenvalue weighted by Crippen LogP contribution is -2.33. The second-order valence-electron chi connectivity index (χ2n) is 5.45. The van der Waals surface area contributed by atoms with Gasteiger partial charge in [0.2, 0.25) is 5.89 Å². The molecule has 0 amide bonds. The highest BCUT2D eigenvalue weighted by Gasteiger charge is 2.17. The Morgan fingerprint density at radius 1 is 1.36 bits per heavy atom. The van der Waals surface area contributed by atoms with E-state index >= 15 is 0 Å². The van der Waals surface area contributed by atoms with Crippen LogP contribution < -0.4 is 5.32 Å². The molecule has 3 aromatic heterocycles. The predicted octanol–water partition coefficient (Wildman–Crippen LogP) is 3.04. The van der Waals surface area contributed by atoms with Crippen molar-refractivity contribution in [2.75, 3.05) is 0 Å². The van der Waals surface area contributed by atoms with Crippen molar-refractivity contribution in [2.45, 2.75) is 39.4 Å². The standard InChI is InChI=1S/C15H19N5OS/c1-10-7-16-20(8-10)9-11(2)17-12(3)14-18-19-15(21-14)13-5-4-6-22-13/h4-8,11-12,17H,9H2,1-3H3/t11-,12+/m0/s1. The van der Waals surface area contributed by atoms with E-state index in [1.54, 1.807) is 11.3 Å². The molecular formula is C15H19N5OS. The van der Waals surface area contributed by atoms with Gasteiger partial charge in [-0.2, -0.15) is 5.10 Å². The Morgan fingerprint density at radius 2 is 2.23 bits per heavy atom. The fourth-order valence-corrected chi connectivity index (χ4v) is 2.95. The number of aromatic nitrogens is 4. The topological polar surface area (TPSA) is 68.8 Å². The van der Waals surface area contributed by atoms with E-state index in [1.807, 2.05) is 48.4 Å². The first-order chi connectivity index (χ1) is 10.6. The molecule has 0 saturated carbocycles. The normalized spacial score (nSPS) is 14.1. The van der Waals surface area contributed by atoms with Crippen LogP contribution in [-0.4, -0.2) is 26.0 Å². The molecule has 0 spiro atoms. The molecule has 3 heterocycles. The third-order valence-corrected chi connectivity index (χ3v) is 4.16. The lowest BCUT2D eigenvalue weighted by atomic mass is 10.2. The summed E-state index contributed by atoms with van der Waals surface area (Å²) in [4.78, 5) is 0.992. The Bertz CT molecular complexity index is 718. The van der Waals surface area contributed by atoms with E-state index in [4.69, 9.17) is 4.42 Å². The summed E-state index contributed by atoms with van der Waals surface area (Å²) < 4.78 is 7.68. The molecular weight excluding hydrogens is 298 g/mol. The number of aryl methyl sites for hydroxylation is 1. The maximum Gasteiger partial charge on any atom is 0.257 e. The third kappa shape index (κ3) is 3.42. The number of hydrogen-bond acceptors (Lipinski definition) is 6. The quantitative estimate of drug-likeness (QED) is 0.757. The van der Waals surface area contributed by atoms with Crippen molar-refractivity contribution in [2.24, 2.45) is 0 Å². The first-order valence-corrected chi connectivity index (χ1v) is 8.12. The molecule has 0 unspecified atom stereocenters. The highest BCUT2D eigenvalue weighted by atomic mass is 32.1. The minimum Gasteiger partial charge on any atom is -0.418 e. The van der Waals surface area contributed by atoms with E-state index in [0.29, 0.717) is 11.8 Å². The van der Waals surface area contributed by atoms with Crippen LogP contribution in [0.5, 0.6) is 0 Å². The summed E-state index contributed by atoms with van der Waals surface area (Å²) >= 11 is 1.59. The average molecular weight is 317 g/mol. The molecule has 6 nitrogen and oxygen atoms in total. The molecule has 0 aliphatic carbocycles. The zero-order valence-electron chi connectivity index (χ0n) is 12.9. The van der Waals surface area contributed by atoms with Crippen LogP contribution in [0.3, 0.4) is 0 Å². The molecule has 22 heavy (non-hydrogen) atoms. The Morgan fingerprint density at radius 3 is 2.91 bits per heavy atom. The van der Waals surface area contributed by atoms with Crippen LogP contribution in [0.2, 0.25) is 0 Å². The third-order valence-electron chi connectivity index (χ3n) is 3.30. The molecule has 7 heteroatoms. The van der Waals surface area contributed by atoms with Crippen LogP contribution in [0.25, 0.3) is 10.8 Å². The van der Waals surface area contributed by atoms with Crippen LogP contribution in [0.1, 0.15) is 31.3 Å². The van der Waals surface area contributed by atoms with Crippen LogP contribution in [-0.2, 0) is 6.54 Å². The van der Waals surface area contributed by atoms with Gasteiger partial charge in [-0.3, -0.25) is 4.68 Å². The number of nitrogens with zero attached hydrogens (tertiary/aromatic N) is 4. The molecule has 1 N–H and O–H groups in total. The zero-order valence-corrected chi connectivity index (χ0v) is 13.7. The fourth-order valence-electron chi connectivity index (χ4n) is 2.31. The molecule has 3 aromatic rings. The molecule has 0 fully saturated rings. The molecule has 0 bridgehead atoms. The Kier molecular flexibility index (Phi) is 4.35. The molecule has 3 rings (SSSR count). The van der Waals surface area contributed by atoms with E-state index in [-0.39, 0.29) is 12.1 Å². The molecule has 2 atom stereocenters. The van der Waals surface area contributed by atoms with Crippen molar-refractivity contribution in [3.63, 3.8) is 0 Å². The van der Waals surface area contributed by atoms with Crippen molar-refractivity contribution in [3.05, 3.63) is 41.4 Å². The molecule has 0 aromatic carbocycles.